The van der Waals surface area contributed by atoms with E-state index in [0.29, 0.717) is 10.2 Å². The average Bonchev–Trinajstić information content (AvgIpc) is 3.27. The molecular weight excluding hydrogens is 445 g/mol. The zero-order valence-electron chi connectivity index (χ0n) is 17.5. The molecule has 8 heteroatoms. The van der Waals surface area contributed by atoms with Crippen LogP contribution in [0.4, 0.5) is 4.39 Å². The van der Waals surface area contributed by atoms with Crippen molar-refractivity contribution in [3.05, 3.63) is 87.8 Å². The van der Waals surface area contributed by atoms with E-state index < -0.39 is 5.82 Å². The van der Waals surface area contributed by atoms with Gasteiger partial charge in [0.1, 0.15) is 10.5 Å². The highest BCUT2D eigenvalue weighted by Crippen LogP contribution is 2.24. The van der Waals surface area contributed by atoms with E-state index >= 15 is 0 Å². The third kappa shape index (κ3) is 5.08. The molecule has 0 aliphatic rings. The molecule has 4 aromatic rings. The number of halogens is 1. The first-order chi connectivity index (χ1) is 15.5. The van der Waals surface area contributed by atoms with Crippen LogP contribution in [-0.4, -0.2) is 27.3 Å². The van der Waals surface area contributed by atoms with Gasteiger partial charge in [-0.3, -0.25) is 14.2 Å². The lowest BCUT2D eigenvalue weighted by atomic mass is 10.1. The van der Waals surface area contributed by atoms with Crippen LogP contribution in [0.1, 0.15) is 18.9 Å². The van der Waals surface area contributed by atoms with Crippen molar-refractivity contribution in [2.24, 2.45) is 0 Å². The maximum Gasteiger partial charge on any atom is 0.276 e. The number of para-hydroxylation sites is 1. The fourth-order valence-corrected chi connectivity index (χ4v) is 4.96. The lowest BCUT2D eigenvalue weighted by Gasteiger charge is -2.15. The van der Waals surface area contributed by atoms with Crippen LogP contribution in [0, 0.1) is 5.82 Å². The summed E-state index contributed by atoms with van der Waals surface area (Å²) < 4.78 is 16.2. The Kier molecular flexibility index (Phi) is 7.02. The molecule has 32 heavy (non-hydrogen) atoms. The summed E-state index contributed by atoms with van der Waals surface area (Å²) in [6, 6.07) is 17.9. The Bertz CT molecular complexity index is 1290. The van der Waals surface area contributed by atoms with Gasteiger partial charge >= 0.3 is 0 Å². The van der Waals surface area contributed by atoms with Crippen molar-refractivity contribution in [1.82, 2.24) is 14.9 Å². The van der Waals surface area contributed by atoms with Crippen LogP contribution in [-0.2, 0) is 11.2 Å². The van der Waals surface area contributed by atoms with Gasteiger partial charge in [-0.15, -0.1) is 11.3 Å². The first-order valence-corrected chi connectivity index (χ1v) is 12.1. The lowest BCUT2D eigenvalue weighted by Crippen LogP contribution is -2.34. The lowest BCUT2D eigenvalue weighted by molar-refractivity contribution is -0.119. The number of benzene rings is 2. The summed E-state index contributed by atoms with van der Waals surface area (Å²) >= 11 is 2.39. The number of carbonyl (C=O) groups is 1. The van der Waals surface area contributed by atoms with E-state index in [0.717, 1.165) is 24.6 Å². The van der Waals surface area contributed by atoms with E-state index in [-0.39, 0.29) is 34.1 Å². The maximum atomic E-state index is 14.5. The Morgan fingerprint density at radius 2 is 1.91 bits per heavy atom. The second kappa shape index (κ2) is 10.1. The number of nitrogens with one attached hydrogen (secondary N) is 1. The van der Waals surface area contributed by atoms with Gasteiger partial charge in [-0.25, -0.2) is 9.37 Å². The molecule has 0 aliphatic heterocycles. The van der Waals surface area contributed by atoms with Gasteiger partial charge in [0.25, 0.3) is 5.56 Å². The third-order valence-corrected chi connectivity index (χ3v) is 6.82. The molecule has 1 amide bonds. The molecule has 1 unspecified atom stereocenters. The van der Waals surface area contributed by atoms with Gasteiger partial charge in [-0.1, -0.05) is 54.2 Å². The zero-order chi connectivity index (χ0) is 22.5. The second-order valence-electron chi connectivity index (χ2n) is 7.40. The molecule has 164 valence electrons. The zero-order valence-corrected chi connectivity index (χ0v) is 19.1. The molecule has 0 saturated carbocycles. The molecule has 2 aromatic heterocycles. The van der Waals surface area contributed by atoms with Gasteiger partial charge < -0.3 is 5.32 Å². The number of thiophene rings is 1. The van der Waals surface area contributed by atoms with E-state index in [1.807, 2.05) is 25.1 Å². The molecular formula is C24H22FN3O2S2. The third-order valence-electron chi connectivity index (χ3n) is 4.99. The molecule has 0 saturated heterocycles. The number of hydrogen-bond donors (Lipinski definition) is 1. The Morgan fingerprint density at radius 1 is 1.16 bits per heavy atom. The molecule has 0 aliphatic carbocycles. The highest BCUT2D eigenvalue weighted by Gasteiger charge is 2.18. The summed E-state index contributed by atoms with van der Waals surface area (Å²) in [6.45, 7) is 1.97. The van der Waals surface area contributed by atoms with Crippen molar-refractivity contribution in [2.45, 2.75) is 31.0 Å². The van der Waals surface area contributed by atoms with Gasteiger partial charge in [0.05, 0.1) is 17.0 Å². The van der Waals surface area contributed by atoms with Crippen LogP contribution in [0.15, 0.2) is 76.0 Å². The minimum absolute atomic E-state index is 0.00406. The fourth-order valence-electron chi connectivity index (χ4n) is 3.38. The van der Waals surface area contributed by atoms with Crippen molar-refractivity contribution in [2.75, 3.05) is 5.75 Å². The number of aromatic nitrogens is 2. The molecule has 0 radical (unpaired) electrons. The second-order valence-corrected chi connectivity index (χ2v) is 9.26. The topological polar surface area (TPSA) is 64.0 Å². The summed E-state index contributed by atoms with van der Waals surface area (Å²) in [5, 5.41) is 5.06. The molecule has 4 rings (SSSR count). The molecule has 0 fully saturated rings. The number of thioether (sulfide) groups is 1. The highest BCUT2D eigenvalue weighted by atomic mass is 32.2. The van der Waals surface area contributed by atoms with Crippen molar-refractivity contribution in [3.63, 3.8) is 0 Å². The molecule has 2 aromatic carbocycles. The standard InChI is InChI=1S/C24H22FN3O2S2/c1-16(11-12-17-7-3-2-4-8-17)26-21(29)15-32-24-27-19-13-14-31-22(19)23(30)28(24)20-10-6-5-9-18(20)25/h2-10,13-14,16H,11-12,15H2,1H3,(H,26,29). The predicted molar refractivity (Wildman–Crippen MR) is 128 cm³/mol. The van der Waals surface area contributed by atoms with Gasteiger partial charge in [0, 0.05) is 6.04 Å². The van der Waals surface area contributed by atoms with Crippen LogP contribution in [0.5, 0.6) is 0 Å². The van der Waals surface area contributed by atoms with E-state index in [1.54, 1.807) is 23.6 Å². The summed E-state index contributed by atoms with van der Waals surface area (Å²) in [4.78, 5) is 30.1. The Morgan fingerprint density at radius 3 is 2.69 bits per heavy atom. The summed E-state index contributed by atoms with van der Waals surface area (Å²) in [5.41, 5.74) is 1.56. The molecule has 1 atom stereocenters. The number of hydrogen-bond acceptors (Lipinski definition) is 5. The van der Waals surface area contributed by atoms with Gasteiger partial charge in [-0.05, 0) is 48.9 Å². The molecule has 1 N–H and O–H groups in total. The summed E-state index contributed by atoms with van der Waals surface area (Å²) in [6.07, 6.45) is 1.69. The number of rotatable bonds is 8. The van der Waals surface area contributed by atoms with Crippen molar-refractivity contribution >= 4 is 39.2 Å². The minimum atomic E-state index is -0.520. The molecule has 5 nitrogen and oxygen atoms in total. The predicted octanol–water partition coefficient (Wildman–Crippen LogP) is 4.82. The van der Waals surface area contributed by atoms with Crippen molar-refractivity contribution in [1.29, 1.82) is 0 Å². The van der Waals surface area contributed by atoms with E-state index in [2.05, 4.69) is 22.4 Å². The monoisotopic (exact) mass is 467 g/mol. The quantitative estimate of drug-likeness (QED) is 0.298. The highest BCUT2D eigenvalue weighted by molar-refractivity contribution is 7.99. The Balaban J connectivity index is 1.48. The number of aryl methyl sites for hydroxylation is 1. The number of amides is 1. The Hall–Kier alpha value is -2.97. The first-order valence-electron chi connectivity index (χ1n) is 10.2. The van der Waals surface area contributed by atoms with Crippen LogP contribution < -0.4 is 10.9 Å². The van der Waals surface area contributed by atoms with E-state index in [1.165, 1.54) is 33.6 Å². The fraction of sp³-hybridized carbons (Fsp3) is 0.208. The normalized spacial score (nSPS) is 12.1. The number of nitrogens with zero attached hydrogens (tertiary/aromatic N) is 2. The number of carbonyl (C=O) groups excluding carboxylic acids is 1. The smallest absolute Gasteiger partial charge is 0.276 e. The summed E-state index contributed by atoms with van der Waals surface area (Å²) in [7, 11) is 0. The van der Waals surface area contributed by atoms with Crippen LogP contribution >= 0.6 is 23.1 Å². The van der Waals surface area contributed by atoms with E-state index in [4.69, 9.17) is 0 Å². The van der Waals surface area contributed by atoms with Crippen LogP contribution in [0.3, 0.4) is 0 Å². The molecule has 0 spiro atoms. The summed E-state index contributed by atoms with van der Waals surface area (Å²) in [5.74, 6) is -0.602. The van der Waals surface area contributed by atoms with Gasteiger partial charge in [0.2, 0.25) is 5.91 Å². The molecule has 0 bridgehead atoms. The van der Waals surface area contributed by atoms with Crippen molar-refractivity contribution < 1.29 is 9.18 Å². The largest absolute Gasteiger partial charge is 0.353 e. The molecule has 2 heterocycles. The van der Waals surface area contributed by atoms with Crippen molar-refractivity contribution in [3.8, 4) is 5.69 Å². The van der Waals surface area contributed by atoms with Crippen LogP contribution in [0.25, 0.3) is 15.9 Å². The van der Waals surface area contributed by atoms with Gasteiger partial charge in [-0.2, -0.15) is 0 Å². The minimum Gasteiger partial charge on any atom is -0.353 e. The first kappa shape index (κ1) is 22.2. The van der Waals surface area contributed by atoms with Gasteiger partial charge in [0.15, 0.2) is 5.16 Å². The van der Waals surface area contributed by atoms with Crippen LogP contribution in [0.2, 0.25) is 0 Å². The SMILES string of the molecule is CC(CCc1ccccc1)NC(=O)CSc1nc2ccsc2c(=O)n1-c1ccccc1F. The Labute approximate surface area is 193 Å². The average molecular weight is 468 g/mol. The maximum absolute atomic E-state index is 14.5. The number of fused-ring (bicyclic) bond motifs is 1. The van der Waals surface area contributed by atoms with E-state index in [9.17, 15) is 14.0 Å².